The van der Waals surface area contributed by atoms with Gasteiger partial charge in [0.1, 0.15) is 12.4 Å². The molecule has 0 aromatic heterocycles. The Morgan fingerprint density at radius 1 is 1.04 bits per heavy atom. The molecule has 0 radical (unpaired) electrons. The molecule has 1 fully saturated rings. The smallest absolute Gasteiger partial charge is 0.309 e. The van der Waals surface area contributed by atoms with E-state index in [1.54, 1.807) is 0 Å². The highest BCUT2D eigenvalue weighted by Gasteiger charge is 2.15. The van der Waals surface area contributed by atoms with Gasteiger partial charge >= 0.3 is 5.97 Å². The average Bonchev–Trinajstić information content (AvgIpc) is 2.69. The van der Waals surface area contributed by atoms with Crippen LogP contribution in [0.5, 0.6) is 5.75 Å². The highest BCUT2D eigenvalue weighted by Crippen LogP contribution is 2.25. The lowest BCUT2D eigenvalue weighted by Crippen LogP contribution is -2.29. The van der Waals surface area contributed by atoms with E-state index in [9.17, 15) is 4.79 Å². The quantitative estimate of drug-likeness (QED) is 0.650. The summed E-state index contributed by atoms with van der Waals surface area (Å²) in [6.45, 7) is 3.54. The van der Waals surface area contributed by atoms with Crippen molar-refractivity contribution in [1.82, 2.24) is 4.90 Å². The summed E-state index contributed by atoms with van der Waals surface area (Å²) in [4.78, 5) is 14.1. The minimum absolute atomic E-state index is 0.228. The van der Waals surface area contributed by atoms with Crippen molar-refractivity contribution in [2.24, 2.45) is 0 Å². The van der Waals surface area contributed by atoms with Gasteiger partial charge in [-0.15, -0.1) is 0 Å². The van der Waals surface area contributed by atoms with E-state index < -0.39 is 0 Å². The molecule has 1 saturated heterocycles. The molecule has 0 spiro atoms. The lowest BCUT2D eigenvalue weighted by atomic mass is 10.0. The Morgan fingerprint density at radius 2 is 1.74 bits per heavy atom. The lowest BCUT2D eigenvalue weighted by Gasteiger charge is -2.27. The summed E-state index contributed by atoms with van der Waals surface area (Å²) < 4.78 is 10.9. The number of carbonyl (C=O) groups is 1. The Kier molecular flexibility index (Phi) is 7.13. The molecule has 2 aromatic carbocycles. The Bertz CT molecular complexity index is 755. The Balaban J connectivity index is 1.74. The summed E-state index contributed by atoms with van der Waals surface area (Å²) in [5.41, 5.74) is 3.14. The average molecular weight is 388 g/mol. The third-order valence-electron chi connectivity index (χ3n) is 4.85. The number of methoxy groups -OCH3 is 1. The lowest BCUT2D eigenvalue weighted by molar-refractivity contribution is -0.139. The monoisotopic (exact) mass is 387 g/mol. The molecule has 1 heterocycles. The molecule has 1 aliphatic heterocycles. The third-order valence-corrected chi connectivity index (χ3v) is 5.10. The molecule has 4 nitrogen and oxygen atoms in total. The van der Waals surface area contributed by atoms with Gasteiger partial charge < -0.3 is 9.47 Å². The first-order chi connectivity index (χ1) is 13.1. The summed E-state index contributed by atoms with van der Waals surface area (Å²) in [5.74, 6) is 0.637. The van der Waals surface area contributed by atoms with Crippen LogP contribution in [0.2, 0.25) is 5.02 Å². The van der Waals surface area contributed by atoms with Crippen LogP contribution >= 0.6 is 11.6 Å². The van der Waals surface area contributed by atoms with Gasteiger partial charge in [-0.05, 0) is 55.3 Å². The van der Waals surface area contributed by atoms with Gasteiger partial charge in [0.25, 0.3) is 0 Å². The first-order valence-electron chi connectivity index (χ1n) is 9.42. The number of piperidine rings is 1. The Morgan fingerprint density at radius 3 is 2.44 bits per heavy atom. The number of rotatable bonds is 7. The summed E-state index contributed by atoms with van der Waals surface area (Å²) in [5, 5.41) is 0.719. The molecule has 0 saturated carbocycles. The normalized spacial score (nSPS) is 14.7. The third kappa shape index (κ3) is 5.98. The van der Waals surface area contributed by atoms with Crippen molar-refractivity contribution in [2.45, 2.75) is 38.8 Å². The molecular weight excluding hydrogens is 362 g/mol. The van der Waals surface area contributed by atoms with E-state index >= 15 is 0 Å². The molecule has 144 valence electrons. The zero-order valence-electron chi connectivity index (χ0n) is 15.7. The van der Waals surface area contributed by atoms with Crippen molar-refractivity contribution in [2.75, 3.05) is 20.2 Å². The standard InChI is InChI=1S/C22H26ClNO3/c1-26-22(25)14-18-7-10-21(27-16-17-5-8-20(23)9-6-17)19(13-18)15-24-11-3-2-4-12-24/h5-10,13H,2-4,11-12,14-16H2,1H3. The molecule has 0 bridgehead atoms. The van der Waals surface area contributed by atoms with Crippen LogP contribution < -0.4 is 4.74 Å². The number of likely N-dealkylation sites (tertiary alicyclic amines) is 1. The molecule has 0 aliphatic carbocycles. The van der Waals surface area contributed by atoms with Crippen LogP contribution in [0.4, 0.5) is 0 Å². The van der Waals surface area contributed by atoms with Gasteiger partial charge in [-0.2, -0.15) is 0 Å². The maximum atomic E-state index is 11.6. The van der Waals surface area contributed by atoms with Crippen molar-refractivity contribution in [1.29, 1.82) is 0 Å². The highest BCUT2D eigenvalue weighted by molar-refractivity contribution is 6.30. The topological polar surface area (TPSA) is 38.8 Å². The molecule has 0 atom stereocenters. The number of benzene rings is 2. The molecule has 3 rings (SSSR count). The highest BCUT2D eigenvalue weighted by atomic mass is 35.5. The predicted octanol–water partition coefficient (Wildman–Crippen LogP) is 4.62. The largest absolute Gasteiger partial charge is 0.489 e. The van der Waals surface area contributed by atoms with E-state index in [0.717, 1.165) is 47.1 Å². The minimum atomic E-state index is -0.228. The van der Waals surface area contributed by atoms with Crippen molar-refractivity contribution in [3.63, 3.8) is 0 Å². The van der Waals surface area contributed by atoms with Gasteiger partial charge in [0.05, 0.1) is 13.5 Å². The van der Waals surface area contributed by atoms with Gasteiger partial charge in [0.2, 0.25) is 0 Å². The Hall–Kier alpha value is -2.04. The Labute approximate surface area is 166 Å². The van der Waals surface area contributed by atoms with E-state index in [1.165, 1.54) is 26.4 Å². The number of ether oxygens (including phenoxy) is 2. The van der Waals surface area contributed by atoms with Crippen LogP contribution in [-0.4, -0.2) is 31.1 Å². The number of nitrogens with zero attached hydrogens (tertiary/aromatic N) is 1. The first kappa shape index (κ1) is 19.7. The predicted molar refractivity (Wildman–Crippen MR) is 107 cm³/mol. The van der Waals surface area contributed by atoms with Gasteiger partial charge in [-0.1, -0.05) is 42.3 Å². The van der Waals surface area contributed by atoms with Gasteiger partial charge in [-0.3, -0.25) is 9.69 Å². The van der Waals surface area contributed by atoms with Gasteiger partial charge in [0.15, 0.2) is 0 Å². The van der Waals surface area contributed by atoms with E-state index in [4.69, 9.17) is 21.1 Å². The van der Waals surface area contributed by atoms with Crippen LogP contribution in [0, 0.1) is 0 Å². The fourth-order valence-corrected chi connectivity index (χ4v) is 3.47. The number of hydrogen-bond acceptors (Lipinski definition) is 4. The zero-order valence-corrected chi connectivity index (χ0v) is 16.5. The molecule has 0 amide bonds. The van der Waals surface area contributed by atoms with Crippen LogP contribution in [0.1, 0.15) is 36.0 Å². The fraction of sp³-hybridized carbons (Fsp3) is 0.409. The maximum absolute atomic E-state index is 11.6. The SMILES string of the molecule is COC(=O)Cc1ccc(OCc2ccc(Cl)cc2)c(CN2CCCCC2)c1. The summed E-state index contributed by atoms with van der Waals surface area (Å²) in [6.07, 6.45) is 4.06. The van der Waals surface area contributed by atoms with E-state index in [0.29, 0.717) is 6.61 Å². The van der Waals surface area contributed by atoms with Crippen LogP contribution in [-0.2, 0) is 29.1 Å². The molecule has 27 heavy (non-hydrogen) atoms. The van der Waals surface area contributed by atoms with Crippen molar-refractivity contribution in [3.8, 4) is 5.75 Å². The molecule has 0 unspecified atom stereocenters. The van der Waals surface area contributed by atoms with Crippen molar-refractivity contribution in [3.05, 3.63) is 64.2 Å². The molecular formula is C22H26ClNO3. The molecule has 5 heteroatoms. The zero-order chi connectivity index (χ0) is 19.1. The molecule has 0 N–H and O–H groups in total. The van der Waals surface area contributed by atoms with Crippen LogP contribution in [0.15, 0.2) is 42.5 Å². The summed E-state index contributed by atoms with van der Waals surface area (Å²) in [6, 6.07) is 13.7. The summed E-state index contributed by atoms with van der Waals surface area (Å²) in [7, 11) is 1.42. The summed E-state index contributed by atoms with van der Waals surface area (Å²) >= 11 is 5.95. The second-order valence-electron chi connectivity index (χ2n) is 6.95. The fourth-order valence-electron chi connectivity index (χ4n) is 3.35. The number of halogens is 1. The van der Waals surface area contributed by atoms with Gasteiger partial charge in [0, 0.05) is 17.1 Å². The minimum Gasteiger partial charge on any atom is -0.489 e. The number of hydrogen-bond donors (Lipinski definition) is 0. The van der Waals surface area contributed by atoms with Crippen molar-refractivity contribution < 1.29 is 14.3 Å². The maximum Gasteiger partial charge on any atom is 0.309 e. The molecule has 1 aliphatic rings. The van der Waals surface area contributed by atoms with Crippen LogP contribution in [0.3, 0.4) is 0 Å². The van der Waals surface area contributed by atoms with E-state index in [1.807, 2.05) is 36.4 Å². The second-order valence-corrected chi connectivity index (χ2v) is 7.38. The van der Waals surface area contributed by atoms with E-state index in [-0.39, 0.29) is 12.4 Å². The molecule has 2 aromatic rings. The van der Waals surface area contributed by atoms with E-state index in [2.05, 4.69) is 11.0 Å². The number of esters is 1. The van der Waals surface area contributed by atoms with Crippen molar-refractivity contribution >= 4 is 17.6 Å². The first-order valence-corrected chi connectivity index (χ1v) is 9.80. The second kappa shape index (κ2) is 9.77. The van der Waals surface area contributed by atoms with Gasteiger partial charge in [-0.25, -0.2) is 0 Å². The van der Waals surface area contributed by atoms with Crippen LogP contribution in [0.25, 0.3) is 0 Å². The number of carbonyl (C=O) groups excluding carboxylic acids is 1.